The van der Waals surface area contributed by atoms with Crippen LogP contribution in [0.2, 0.25) is 0 Å². The molecule has 3 aromatic rings. The molecule has 2 aliphatic rings. The van der Waals surface area contributed by atoms with Gasteiger partial charge in [-0.3, -0.25) is 0 Å². The Hall–Kier alpha value is -2.66. The maximum atomic E-state index is 14.3. The zero-order valence-corrected chi connectivity index (χ0v) is 22.5. The Morgan fingerprint density at radius 3 is 2.57 bits per heavy atom. The Labute approximate surface area is 216 Å². The molecule has 0 N–H and O–H groups in total. The van der Waals surface area contributed by atoms with Crippen molar-refractivity contribution >= 4 is 26.3 Å². The van der Waals surface area contributed by atoms with E-state index in [1.54, 1.807) is 18.6 Å². The summed E-state index contributed by atoms with van der Waals surface area (Å²) in [7, 11) is -2.31. The van der Waals surface area contributed by atoms with Crippen molar-refractivity contribution in [1.29, 1.82) is 0 Å². The topological polar surface area (TPSA) is 92.1 Å². The first kappa shape index (κ1) is 26.0. The zero-order valence-electron chi connectivity index (χ0n) is 21.6. The summed E-state index contributed by atoms with van der Waals surface area (Å²) in [6.45, 7) is 6.69. The summed E-state index contributed by atoms with van der Waals surface area (Å²) < 4.78 is 55.0. The van der Waals surface area contributed by atoms with Crippen LogP contribution in [0.4, 0.5) is 10.1 Å². The average Bonchev–Trinajstić information content (AvgIpc) is 3.37. The first-order valence-electron chi connectivity index (χ1n) is 12.3. The Morgan fingerprint density at radius 1 is 1.11 bits per heavy atom. The molecule has 3 heterocycles. The fourth-order valence-corrected chi connectivity index (χ4v) is 5.63. The highest BCUT2D eigenvalue weighted by Crippen LogP contribution is 2.34. The van der Waals surface area contributed by atoms with Gasteiger partial charge < -0.3 is 18.9 Å². The van der Waals surface area contributed by atoms with Crippen molar-refractivity contribution in [1.82, 2.24) is 9.97 Å². The van der Waals surface area contributed by atoms with E-state index < -0.39 is 9.73 Å². The standard InChI is InChI=1S/C27H32FN3O5S/c1-15(2)35-23-12-33-27-24(13-34-26(23)27)36-22-10-18(28)7-6-17(22)9-20-25-16(3)8-19(31-37(4,5)32)11-21(25)30-14-29-20/h6-8,10-11,14-15,23-24,26-27H,9,12-13H2,1-5H3/t23-,24-,26-,27-/m1/s1. The Bertz CT molecular complexity index is 1430. The number of nitrogens with zero attached hydrogens (tertiary/aromatic N) is 3. The molecule has 0 spiro atoms. The van der Waals surface area contributed by atoms with Gasteiger partial charge in [-0.2, -0.15) is 4.36 Å². The van der Waals surface area contributed by atoms with E-state index in [1.807, 2.05) is 32.9 Å². The van der Waals surface area contributed by atoms with Crippen molar-refractivity contribution in [2.45, 2.75) is 57.7 Å². The van der Waals surface area contributed by atoms with Crippen LogP contribution in [0, 0.1) is 12.7 Å². The van der Waals surface area contributed by atoms with Crippen LogP contribution in [0.1, 0.15) is 30.7 Å². The predicted molar refractivity (Wildman–Crippen MR) is 139 cm³/mol. The molecule has 37 heavy (non-hydrogen) atoms. The Kier molecular flexibility index (Phi) is 7.19. The van der Waals surface area contributed by atoms with E-state index >= 15 is 0 Å². The molecule has 4 atom stereocenters. The lowest BCUT2D eigenvalue weighted by atomic mass is 10.0. The van der Waals surface area contributed by atoms with Gasteiger partial charge in [0.2, 0.25) is 0 Å². The largest absolute Gasteiger partial charge is 0.485 e. The smallest absolute Gasteiger partial charge is 0.151 e. The van der Waals surface area contributed by atoms with Crippen molar-refractivity contribution in [2.75, 3.05) is 25.7 Å². The number of aromatic nitrogens is 2. The second-order valence-electron chi connectivity index (χ2n) is 10.2. The first-order valence-corrected chi connectivity index (χ1v) is 14.7. The van der Waals surface area contributed by atoms with Crippen LogP contribution in [-0.4, -0.2) is 70.4 Å². The van der Waals surface area contributed by atoms with Gasteiger partial charge in [-0.05, 0) is 44.5 Å². The third kappa shape index (κ3) is 5.77. The van der Waals surface area contributed by atoms with Crippen molar-refractivity contribution < 1.29 is 27.5 Å². The molecule has 2 fully saturated rings. The van der Waals surface area contributed by atoms with Gasteiger partial charge in [-0.15, -0.1) is 0 Å². The quantitative estimate of drug-likeness (QED) is 0.449. The lowest BCUT2D eigenvalue weighted by molar-refractivity contribution is -0.0598. The highest BCUT2D eigenvalue weighted by molar-refractivity contribution is 7.92. The zero-order chi connectivity index (χ0) is 26.3. The van der Waals surface area contributed by atoms with Crippen LogP contribution in [0.15, 0.2) is 41.0 Å². The van der Waals surface area contributed by atoms with E-state index in [2.05, 4.69) is 14.3 Å². The molecule has 198 valence electrons. The monoisotopic (exact) mass is 529 g/mol. The van der Waals surface area contributed by atoms with E-state index in [1.165, 1.54) is 18.5 Å². The van der Waals surface area contributed by atoms with Crippen molar-refractivity contribution in [3.05, 3.63) is 59.3 Å². The van der Waals surface area contributed by atoms with E-state index in [-0.39, 0.29) is 36.3 Å². The van der Waals surface area contributed by atoms with Crippen LogP contribution >= 0.6 is 0 Å². The number of rotatable bonds is 7. The number of hydrogen-bond acceptors (Lipinski definition) is 8. The summed E-state index contributed by atoms with van der Waals surface area (Å²) in [6.07, 6.45) is 4.15. The molecule has 0 aliphatic carbocycles. The maximum Gasteiger partial charge on any atom is 0.151 e. The molecule has 5 rings (SSSR count). The van der Waals surface area contributed by atoms with E-state index in [0.717, 1.165) is 22.2 Å². The molecule has 1 aromatic heterocycles. The van der Waals surface area contributed by atoms with E-state index in [9.17, 15) is 8.60 Å². The van der Waals surface area contributed by atoms with Gasteiger partial charge >= 0.3 is 0 Å². The molecular weight excluding hydrogens is 497 g/mol. The second-order valence-corrected chi connectivity index (χ2v) is 12.7. The minimum absolute atomic E-state index is 0.0645. The maximum absolute atomic E-state index is 14.3. The number of fused-ring (bicyclic) bond motifs is 2. The van der Waals surface area contributed by atoms with Crippen LogP contribution in [0.25, 0.3) is 10.9 Å². The molecular formula is C27H32FN3O5S. The average molecular weight is 530 g/mol. The molecule has 2 saturated heterocycles. The molecule has 10 heteroatoms. The normalized spacial score (nSPS) is 23.5. The number of aryl methyl sites for hydroxylation is 1. The van der Waals surface area contributed by atoms with E-state index in [4.69, 9.17) is 18.9 Å². The van der Waals surface area contributed by atoms with Crippen LogP contribution in [0.5, 0.6) is 5.75 Å². The summed E-state index contributed by atoms with van der Waals surface area (Å²) in [5, 5.41) is 0.882. The summed E-state index contributed by atoms with van der Waals surface area (Å²) in [5.74, 6) is 0.0408. The number of ether oxygens (including phenoxy) is 4. The number of hydrogen-bond donors (Lipinski definition) is 0. The molecule has 0 saturated carbocycles. The molecule has 0 amide bonds. The van der Waals surface area contributed by atoms with Crippen LogP contribution < -0.4 is 4.74 Å². The van der Waals surface area contributed by atoms with Crippen LogP contribution in [0.3, 0.4) is 0 Å². The summed E-state index contributed by atoms with van der Waals surface area (Å²) >= 11 is 0. The third-order valence-electron chi connectivity index (χ3n) is 6.40. The SMILES string of the molecule is Cc1cc(N=S(C)(C)=O)cc2ncnc(Cc3ccc(F)cc3O[C@@H]3CO[C@H]4[C@@H]3OC[C@H]4OC(C)C)c12. The van der Waals surface area contributed by atoms with Crippen molar-refractivity contribution in [3.8, 4) is 5.75 Å². The lowest BCUT2D eigenvalue weighted by Crippen LogP contribution is -2.36. The van der Waals surface area contributed by atoms with Gasteiger partial charge in [0.1, 0.15) is 36.2 Å². The first-order chi connectivity index (χ1) is 17.6. The Morgan fingerprint density at radius 2 is 1.84 bits per heavy atom. The minimum atomic E-state index is -2.31. The third-order valence-corrected chi connectivity index (χ3v) is 7.05. The van der Waals surface area contributed by atoms with Gasteiger partial charge in [0.25, 0.3) is 0 Å². The van der Waals surface area contributed by atoms with Crippen LogP contribution in [-0.2, 0) is 30.4 Å². The highest BCUT2D eigenvalue weighted by atomic mass is 32.2. The predicted octanol–water partition coefficient (Wildman–Crippen LogP) is 4.37. The van der Waals surface area contributed by atoms with Gasteiger partial charge in [-0.1, -0.05) is 6.07 Å². The van der Waals surface area contributed by atoms with Crippen molar-refractivity contribution in [3.63, 3.8) is 0 Å². The van der Waals surface area contributed by atoms with Gasteiger partial charge in [-0.25, -0.2) is 18.6 Å². The molecule has 0 unspecified atom stereocenters. The number of halogens is 1. The second kappa shape index (κ2) is 10.2. The summed E-state index contributed by atoms with van der Waals surface area (Å²) in [4.78, 5) is 8.96. The van der Waals surface area contributed by atoms with Gasteiger partial charge in [0.15, 0.2) is 6.10 Å². The van der Waals surface area contributed by atoms with Crippen molar-refractivity contribution in [2.24, 2.45) is 4.36 Å². The number of benzene rings is 2. The summed E-state index contributed by atoms with van der Waals surface area (Å²) in [6, 6.07) is 8.22. The van der Waals surface area contributed by atoms with Gasteiger partial charge in [0, 0.05) is 45.7 Å². The summed E-state index contributed by atoms with van der Waals surface area (Å²) in [5.41, 5.74) is 3.81. The minimum Gasteiger partial charge on any atom is -0.485 e. The highest BCUT2D eigenvalue weighted by Gasteiger charge is 2.50. The molecule has 2 aromatic carbocycles. The molecule has 2 aliphatic heterocycles. The van der Waals surface area contributed by atoms with Gasteiger partial charge in [0.05, 0.1) is 36.2 Å². The molecule has 0 radical (unpaired) electrons. The lowest BCUT2D eigenvalue weighted by Gasteiger charge is -2.21. The van der Waals surface area contributed by atoms with E-state index in [0.29, 0.717) is 36.6 Å². The Balaban J connectivity index is 1.42. The molecule has 0 bridgehead atoms. The molecule has 8 nitrogen and oxygen atoms in total. The fraction of sp³-hybridized carbons (Fsp3) is 0.481. The fourth-order valence-electron chi connectivity index (χ4n) is 5.02.